The highest BCUT2D eigenvalue weighted by Gasteiger charge is 2.22. The molecule has 0 fully saturated rings. The predicted molar refractivity (Wildman–Crippen MR) is 65.3 cm³/mol. The Morgan fingerprint density at radius 2 is 2.11 bits per heavy atom. The van der Waals surface area contributed by atoms with E-state index >= 15 is 0 Å². The van der Waals surface area contributed by atoms with Gasteiger partial charge in [0, 0.05) is 7.05 Å². The summed E-state index contributed by atoms with van der Waals surface area (Å²) >= 11 is 5.56. The number of carboxylic acids is 1. The molecule has 2 amide bonds. The lowest BCUT2D eigenvalue weighted by atomic mass is 10.3. The van der Waals surface area contributed by atoms with Gasteiger partial charge >= 0.3 is 12.0 Å². The van der Waals surface area contributed by atoms with E-state index in [1.54, 1.807) is 0 Å². The zero-order valence-electron chi connectivity index (χ0n) is 9.78. The number of carbonyl (C=O) groups is 2. The minimum Gasteiger partial charge on any atom is -0.480 e. The number of carbonyl (C=O) groups excluding carboxylic acids is 1. The van der Waals surface area contributed by atoms with E-state index in [1.807, 2.05) is 0 Å². The van der Waals surface area contributed by atoms with Gasteiger partial charge in [-0.05, 0) is 19.1 Å². The Balaban J connectivity index is 2.82. The van der Waals surface area contributed by atoms with Crippen molar-refractivity contribution in [3.8, 4) is 0 Å². The van der Waals surface area contributed by atoms with Gasteiger partial charge in [0.25, 0.3) is 0 Å². The quantitative estimate of drug-likeness (QED) is 0.889. The van der Waals surface area contributed by atoms with E-state index in [-0.39, 0.29) is 10.7 Å². The average Bonchev–Trinajstić information content (AvgIpc) is 2.32. The third kappa shape index (κ3) is 3.10. The van der Waals surface area contributed by atoms with Crippen LogP contribution >= 0.6 is 11.6 Å². The first-order valence-corrected chi connectivity index (χ1v) is 5.43. The number of amides is 2. The van der Waals surface area contributed by atoms with Crippen LogP contribution in [0.2, 0.25) is 5.02 Å². The van der Waals surface area contributed by atoms with Crippen molar-refractivity contribution in [1.29, 1.82) is 0 Å². The fourth-order valence-corrected chi connectivity index (χ4v) is 1.32. The number of likely N-dealkylation sites (N-methyl/N-ethyl adjacent to an activating group) is 1. The van der Waals surface area contributed by atoms with E-state index in [0.717, 1.165) is 4.90 Å². The molecule has 98 valence electrons. The summed E-state index contributed by atoms with van der Waals surface area (Å²) in [6.45, 7) is 1.34. The van der Waals surface area contributed by atoms with Gasteiger partial charge in [0.2, 0.25) is 0 Å². The second kappa shape index (κ2) is 5.68. The minimum absolute atomic E-state index is 0.100. The highest BCUT2D eigenvalue weighted by atomic mass is 35.5. The highest BCUT2D eigenvalue weighted by molar-refractivity contribution is 6.31. The van der Waals surface area contributed by atoms with Crippen LogP contribution in [0.3, 0.4) is 0 Å². The van der Waals surface area contributed by atoms with Gasteiger partial charge < -0.3 is 15.3 Å². The topological polar surface area (TPSA) is 69.6 Å². The summed E-state index contributed by atoms with van der Waals surface area (Å²) in [4.78, 5) is 23.3. The van der Waals surface area contributed by atoms with E-state index in [1.165, 1.54) is 32.2 Å². The fraction of sp³-hybridized carbons (Fsp3) is 0.273. The van der Waals surface area contributed by atoms with Crippen molar-refractivity contribution < 1.29 is 19.1 Å². The number of benzene rings is 1. The molecule has 0 aromatic heterocycles. The molecule has 2 N–H and O–H groups in total. The number of anilines is 1. The third-order valence-corrected chi connectivity index (χ3v) is 2.74. The minimum atomic E-state index is -1.15. The standard InChI is InChI=1S/C11H12ClFN2O3/c1-6(10(16)17)15(2)11(18)14-8-5-3-4-7(12)9(8)13/h3-6H,1-2H3,(H,14,18)(H,16,17). The van der Waals surface area contributed by atoms with Crippen molar-refractivity contribution in [3.63, 3.8) is 0 Å². The number of hydrogen-bond acceptors (Lipinski definition) is 2. The molecule has 0 bridgehead atoms. The van der Waals surface area contributed by atoms with Gasteiger partial charge in [-0.25, -0.2) is 14.0 Å². The van der Waals surface area contributed by atoms with E-state index in [4.69, 9.17) is 16.7 Å². The Bertz CT molecular complexity index is 481. The van der Waals surface area contributed by atoms with Gasteiger partial charge in [0.05, 0.1) is 10.7 Å². The molecule has 18 heavy (non-hydrogen) atoms. The number of nitrogens with one attached hydrogen (secondary N) is 1. The van der Waals surface area contributed by atoms with Crippen molar-refractivity contribution in [1.82, 2.24) is 4.90 Å². The second-order valence-corrected chi connectivity index (χ2v) is 4.06. The van der Waals surface area contributed by atoms with Gasteiger partial charge in [0.1, 0.15) is 6.04 Å². The Morgan fingerprint density at radius 1 is 1.50 bits per heavy atom. The smallest absolute Gasteiger partial charge is 0.326 e. The summed E-state index contributed by atoms with van der Waals surface area (Å²) in [6.07, 6.45) is 0. The first-order valence-electron chi connectivity index (χ1n) is 5.05. The van der Waals surface area contributed by atoms with E-state index in [2.05, 4.69) is 5.32 Å². The van der Waals surface area contributed by atoms with Gasteiger partial charge in [-0.3, -0.25) is 0 Å². The van der Waals surface area contributed by atoms with Crippen molar-refractivity contribution in [3.05, 3.63) is 29.0 Å². The molecule has 0 aliphatic rings. The number of rotatable bonds is 3. The van der Waals surface area contributed by atoms with Gasteiger partial charge in [-0.1, -0.05) is 17.7 Å². The summed E-state index contributed by atoms with van der Waals surface area (Å²) in [5.41, 5.74) is -0.100. The molecule has 0 spiro atoms. The Labute approximate surface area is 108 Å². The molecule has 1 aromatic carbocycles. The lowest BCUT2D eigenvalue weighted by Gasteiger charge is -2.22. The molecule has 0 radical (unpaired) electrons. The van der Waals surface area contributed by atoms with Crippen LogP contribution in [-0.4, -0.2) is 35.1 Å². The Kier molecular flexibility index (Phi) is 4.49. The summed E-state index contributed by atoms with van der Waals surface area (Å²) in [5, 5.41) is 10.9. The van der Waals surface area contributed by atoms with Crippen LogP contribution in [0, 0.1) is 5.82 Å². The van der Waals surface area contributed by atoms with E-state index in [9.17, 15) is 14.0 Å². The monoisotopic (exact) mass is 274 g/mol. The molecule has 1 aromatic rings. The SMILES string of the molecule is CC(C(=O)O)N(C)C(=O)Nc1cccc(Cl)c1F. The van der Waals surface area contributed by atoms with Crippen LogP contribution in [0.25, 0.3) is 0 Å². The molecular weight excluding hydrogens is 263 g/mol. The van der Waals surface area contributed by atoms with Gasteiger partial charge in [0.15, 0.2) is 5.82 Å². The molecule has 0 aliphatic heterocycles. The number of carboxylic acid groups (broad SMARTS) is 1. The number of urea groups is 1. The zero-order valence-corrected chi connectivity index (χ0v) is 10.5. The molecule has 0 heterocycles. The fourth-order valence-electron chi connectivity index (χ4n) is 1.15. The van der Waals surface area contributed by atoms with Crippen molar-refractivity contribution in [2.24, 2.45) is 0 Å². The lowest BCUT2D eigenvalue weighted by molar-refractivity contribution is -0.141. The summed E-state index contributed by atoms with van der Waals surface area (Å²) in [6, 6.07) is 2.40. The number of nitrogens with zero attached hydrogens (tertiary/aromatic N) is 1. The molecule has 1 atom stereocenters. The molecule has 0 saturated carbocycles. The van der Waals surface area contributed by atoms with Gasteiger partial charge in [-0.2, -0.15) is 0 Å². The molecule has 0 aliphatic carbocycles. The summed E-state index contributed by atoms with van der Waals surface area (Å²) in [7, 11) is 1.30. The molecular formula is C11H12ClFN2O3. The van der Waals surface area contributed by atoms with E-state index in [0.29, 0.717) is 0 Å². The summed E-state index contributed by atoms with van der Waals surface area (Å²) in [5.74, 6) is -1.91. The maximum Gasteiger partial charge on any atom is 0.326 e. The number of halogens is 2. The largest absolute Gasteiger partial charge is 0.480 e. The maximum atomic E-state index is 13.5. The molecule has 1 rings (SSSR count). The molecule has 5 nitrogen and oxygen atoms in total. The van der Waals surface area contributed by atoms with Crippen molar-refractivity contribution in [2.75, 3.05) is 12.4 Å². The van der Waals surface area contributed by atoms with Gasteiger partial charge in [-0.15, -0.1) is 0 Å². The van der Waals surface area contributed by atoms with E-state index < -0.39 is 23.9 Å². The highest BCUT2D eigenvalue weighted by Crippen LogP contribution is 2.22. The number of aliphatic carboxylic acids is 1. The lowest BCUT2D eigenvalue weighted by Crippen LogP contribution is -2.42. The van der Waals surface area contributed by atoms with Crippen molar-refractivity contribution in [2.45, 2.75) is 13.0 Å². The Morgan fingerprint density at radius 3 is 2.67 bits per heavy atom. The van der Waals surface area contributed by atoms with Crippen molar-refractivity contribution >= 4 is 29.3 Å². The van der Waals surface area contributed by atoms with Crippen LogP contribution in [0.1, 0.15) is 6.92 Å². The van der Waals surface area contributed by atoms with Crippen LogP contribution < -0.4 is 5.32 Å². The first-order chi connectivity index (χ1) is 8.34. The summed E-state index contributed by atoms with van der Waals surface area (Å²) < 4.78 is 13.5. The average molecular weight is 275 g/mol. The van der Waals surface area contributed by atoms with Crippen LogP contribution in [0.4, 0.5) is 14.9 Å². The van der Waals surface area contributed by atoms with Crippen LogP contribution in [-0.2, 0) is 4.79 Å². The third-order valence-electron chi connectivity index (χ3n) is 2.45. The maximum absolute atomic E-state index is 13.5. The normalized spacial score (nSPS) is 11.8. The van der Waals surface area contributed by atoms with Crippen LogP contribution in [0.5, 0.6) is 0 Å². The zero-order chi connectivity index (χ0) is 13.9. The van der Waals surface area contributed by atoms with Crippen LogP contribution in [0.15, 0.2) is 18.2 Å². The molecule has 0 saturated heterocycles. The number of hydrogen-bond donors (Lipinski definition) is 2. The second-order valence-electron chi connectivity index (χ2n) is 3.66. The predicted octanol–water partition coefficient (Wildman–Crippen LogP) is 2.42. The Hall–Kier alpha value is -1.82. The molecule has 7 heteroatoms. The molecule has 1 unspecified atom stereocenters. The first kappa shape index (κ1) is 14.2.